The molecule has 0 atom stereocenters. The van der Waals surface area contributed by atoms with E-state index < -0.39 is 0 Å². The third-order valence-corrected chi connectivity index (χ3v) is 3.98. The third kappa shape index (κ3) is 15.7. The summed E-state index contributed by atoms with van der Waals surface area (Å²) in [5.74, 6) is 0.343. The largest absolute Gasteiger partial charge is 0.330 e. The molecule has 0 unspecified atom stereocenters. The van der Waals surface area contributed by atoms with Gasteiger partial charge >= 0.3 is 0 Å². The Bertz CT molecular complexity index is 204. The van der Waals surface area contributed by atoms with Crippen LogP contribution in [0.2, 0.25) is 0 Å². The van der Waals surface area contributed by atoms with E-state index in [-0.39, 0.29) is 0 Å². The number of hydrogen-bond acceptors (Lipinski definition) is 2. The second kappa shape index (κ2) is 16.7. The summed E-state index contributed by atoms with van der Waals surface area (Å²) in [4.78, 5) is 11.3. The second-order valence-corrected chi connectivity index (χ2v) is 6.07. The van der Waals surface area contributed by atoms with Crippen molar-refractivity contribution in [2.45, 2.75) is 103 Å². The van der Waals surface area contributed by atoms with Crippen molar-refractivity contribution < 1.29 is 4.79 Å². The zero-order chi connectivity index (χ0) is 14.9. The summed E-state index contributed by atoms with van der Waals surface area (Å²) >= 11 is 0. The van der Waals surface area contributed by atoms with Gasteiger partial charge in [0.05, 0.1) is 0 Å². The summed E-state index contributed by atoms with van der Waals surface area (Å²) < 4.78 is 0. The number of carbonyl (C=O) groups is 1. The lowest BCUT2D eigenvalue weighted by atomic mass is 10.0. The Kier molecular flexibility index (Phi) is 16.4. The maximum absolute atomic E-state index is 11.3. The lowest BCUT2D eigenvalue weighted by Gasteiger charge is -2.03. The molecular weight excluding hydrogens is 246 g/mol. The Morgan fingerprint density at radius 2 is 1.05 bits per heavy atom. The van der Waals surface area contributed by atoms with Crippen molar-refractivity contribution in [1.29, 1.82) is 0 Å². The highest BCUT2D eigenvalue weighted by molar-refractivity contribution is 5.78. The Labute approximate surface area is 126 Å². The van der Waals surface area contributed by atoms with Crippen LogP contribution >= 0.6 is 0 Å². The average molecular weight is 283 g/mol. The quantitative estimate of drug-likeness (QED) is 0.386. The van der Waals surface area contributed by atoms with Crippen LogP contribution in [0.25, 0.3) is 0 Å². The van der Waals surface area contributed by atoms with Gasteiger partial charge in [-0.1, -0.05) is 84.0 Å². The molecule has 0 aliphatic carbocycles. The fourth-order valence-corrected chi connectivity index (χ4v) is 2.63. The van der Waals surface area contributed by atoms with E-state index in [1.54, 1.807) is 0 Å². The summed E-state index contributed by atoms with van der Waals surface area (Å²) in [6.07, 6.45) is 18.9. The monoisotopic (exact) mass is 283 g/mol. The van der Waals surface area contributed by atoms with Crippen molar-refractivity contribution in [3.63, 3.8) is 0 Å². The van der Waals surface area contributed by atoms with Gasteiger partial charge in [0, 0.05) is 12.8 Å². The van der Waals surface area contributed by atoms with E-state index in [9.17, 15) is 4.79 Å². The van der Waals surface area contributed by atoms with E-state index in [1.807, 2.05) is 0 Å². The Morgan fingerprint density at radius 3 is 1.45 bits per heavy atom. The molecule has 0 aliphatic heterocycles. The molecule has 0 aliphatic rings. The lowest BCUT2D eigenvalue weighted by molar-refractivity contribution is -0.119. The van der Waals surface area contributed by atoms with Crippen LogP contribution in [0.15, 0.2) is 0 Å². The van der Waals surface area contributed by atoms with Gasteiger partial charge in [0.25, 0.3) is 0 Å². The van der Waals surface area contributed by atoms with Crippen molar-refractivity contribution in [2.75, 3.05) is 6.54 Å². The normalized spacial score (nSPS) is 10.9. The van der Waals surface area contributed by atoms with E-state index >= 15 is 0 Å². The summed E-state index contributed by atoms with van der Waals surface area (Å²) in [6.45, 7) is 2.78. The minimum absolute atomic E-state index is 0.343. The van der Waals surface area contributed by atoms with Gasteiger partial charge in [-0.05, 0) is 13.0 Å². The molecular formula is C18H37NO. The summed E-state index contributed by atoms with van der Waals surface area (Å²) in [5, 5.41) is 0. The van der Waals surface area contributed by atoms with Crippen LogP contribution in [0, 0.1) is 0 Å². The molecule has 0 rings (SSSR count). The van der Waals surface area contributed by atoms with E-state index in [0.29, 0.717) is 18.7 Å². The van der Waals surface area contributed by atoms with Crippen LogP contribution < -0.4 is 5.73 Å². The first-order valence-electron chi connectivity index (χ1n) is 9.03. The topological polar surface area (TPSA) is 43.1 Å². The van der Waals surface area contributed by atoms with Crippen molar-refractivity contribution in [3.05, 3.63) is 0 Å². The highest BCUT2D eigenvalue weighted by atomic mass is 16.1. The second-order valence-electron chi connectivity index (χ2n) is 6.07. The number of hydrogen-bond donors (Lipinski definition) is 1. The maximum atomic E-state index is 11.3. The zero-order valence-electron chi connectivity index (χ0n) is 13.8. The van der Waals surface area contributed by atoms with E-state index in [4.69, 9.17) is 5.73 Å². The Balaban J connectivity index is 3.01. The zero-order valence-corrected chi connectivity index (χ0v) is 13.8. The van der Waals surface area contributed by atoms with Crippen molar-refractivity contribution >= 4 is 5.78 Å². The van der Waals surface area contributed by atoms with Crippen molar-refractivity contribution in [3.8, 4) is 0 Å². The molecule has 0 radical (unpaired) electrons. The first kappa shape index (κ1) is 19.6. The number of rotatable bonds is 16. The molecule has 2 nitrogen and oxygen atoms in total. The van der Waals surface area contributed by atoms with E-state index in [1.165, 1.54) is 77.0 Å². The van der Waals surface area contributed by atoms with Gasteiger partial charge in [0.15, 0.2) is 0 Å². The van der Waals surface area contributed by atoms with Crippen LogP contribution in [0.3, 0.4) is 0 Å². The fraction of sp³-hybridized carbons (Fsp3) is 0.944. The van der Waals surface area contributed by atoms with Crippen molar-refractivity contribution in [2.24, 2.45) is 5.73 Å². The molecule has 0 saturated carbocycles. The molecule has 0 aromatic rings. The molecule has 0 heterocycles. The lowest BCUT2D eigenvalue weighted by Crippen LogP contribution is -2.07. The number of Topliss-reactive ketones (excluding diaryl/α,β-unsaturated/α-hetero) is 1. The summed E-state index contributed by atoms with van der Waals surface area (Å²) in [7, 11) is 0. The first-order chi connectivity index (χ1) is 9.81. The number of carbonyl (C=O) groups excluding carboxylic acids is 1. The Morgan fingerprint density at radius 1 is 0.650 bits per heavy atom. The first-order valence-corrected chi connectivity index (χ1v) is 9.03. The molecule has 0 aromatic heterocycles. The minimum atomic E-state index is 0.343. The molecule has 0 amide bonds. The molecule has 20 heavy (non-hydrogen) atoms. The minimum Gasteiger partial charge on any atom is -0.330 e. The predicted molar refractivity (Wildman–Crippen MR) is 89.0 cm³/mol. The summed E-state index contributed by atoms with van der Waals surface area (Å²) in [6, 6.07) is 0. The molecule has 120 valence electrons. The highest BCUT2D eigenvalue weighted by Gasteiger charge is 1.99. The van der Waals surface area contributed by atoms with Gasteiger partial charge in [-0.3, -0.25) is 4.79 Å². The molecule has 0 aromatic carbocycles. The SMILES string of the molecule is CCCCCCCCCCCCCCCC(=O)CCN. The molecule has 0 spiro atoms. The fourth-order valence-electron chi connectivity index (χ4n) is 2.63. The van der Waals surface area contributed by atoms with Gasteiger partial charge in [-0.15, -0.1) is 0 Å². The van der Waals surface area contributed by atoms with Crippen molar-refractivity contribution in [1.82, 2.24) is 0 Å². The molecule has 0 fully saturated rings. The molecule has 0 bridgehead atoms. The highest BCUT2D eigenvalue weighted by Crippen LogP contribution is 2.13. The number of ketones is 1. The number of nitrogens with two attached hydrogens (primary N) is 1. The van der Waals surface area contributed by atoms with Gasteiger partial charge in [-0.2, -0.15) is 0 Å². The average Bonchev–Trinajstić information content (AvgIpc) is 2.44. The molecule has 2 heteroatoms. The molecule has 0 saturated heterocycles. The standard InChI is InChI=1S/C18H37NO/c1-2-3-4-5-6-7-8-9-10-11-12-13-14-15-18(20)16-17-19/h2-17,19H2,1H3. The van der Waals surface area contributed by atoms with Gasteiger partial charge < -0.3 is 5.73 Å². The van der Waals surface area contributed by atoms with Crippen LogP contribution in [-0.2, 0) is 4.79 Å². The van der Waals surface area contributed by atoms with Gasteiger partial charge in [0.2, 0.25) is 0 Å². The van der Waals surface area contributed by atoms with Crippen LogP contribution in [0.5, 0.6) is 0 Å². The van der Waals surface area contributed by atoms with Crippen LogP contribution in [0.4, 0.5) is 0 Å². The third-order valence-electron chi connectivity index (χ3n) is 3.98. The van der Waals surface area contributed by atoms with Gasteiger partial charge in [-0.25, -0.2) is 0 Å². The molecule has 2 N–H and O–H groups in total. The predicted octanol–water partition coefficient (Wildman–Crippen LogP) is 5.39. The summed E-state index contributed by atoms with van der Waals surface area (Å²) in [5.41, 5.74) is 5.35. The van der Waals surface area contributed by atoms with Crippen LogP contribution in [-0.4, -0.2) is 12.3 Å². The smallest absolute Gasteiger partial charge is 0.134 e. The number of unbranched alkanes of at least 4 members (excludes halogenated alkanes) is 12. The van der Waals surface area contributed by atoms with E-state index in [2.05, 4.69) is 6.92 Å². The Hall–Kier alpha value is -0.370. The van der Waals surface area contributed by atoms with E-state index in [0.717, 1.165) is 12.8 Å². The van der Waals surface area contributed by atoms with Crippen LogP contribution in [0.1, 0.15) is 103 Å². The van der Waals surface area contributed by atoms with Gasteiger partial charge in [0.1, 0.15) is 5.78 Å². The maximum Gasteiger partial charge on any atom is 0.134 e.